The summed E-state index contributed by atoms with van der Waals surface area (Å²) in [5.74, 6) is -1.07. The Kier molecular flexibility index (Phi) is 6.87. The Balaban J connectivity index is 1.71. The number of benzene rings is 1. The Hall–Kier alpha value is -1.79. The summed E-state index contributed by atoms with van der Waals surface area (Å²) in [5.41, 5.74) is 0.583. The van der Waals surface area contributed by atoms with Crippen molar-refractivity contribution >= 4 is 11.7 Å². The van der Waals surface area contributed by atoms with Gasteiger partial charge in [-0.3, -0.25) is 9.59 Å². The van der Waals surface area contributed by atoms with Crippen LogP contribution in [0.15, 0.2) is 24.3 Å². The van der Waals surface area contributed by atoms with Crippen LogP contribution in [0.1, 0.15) is 25.3 Å². The van der Waals surface area contributed by atoms with Crippen LogP contribution in [0.2, 0.25) is 0 Å². The number of aliphatic hydroxyl groups excluding tert-OH is 1. The van der Waals surface area contributed by atoms with Gasteiger partial charge in [-0.25, -0.2) is 4.39 Å². The first-order valence-corrected chi connectivity index (χ1v) is 8.40. The van der Waals surface area contributed by atoms with Crippen molar-refractivity contribution in [1.29, 1.82) is 0 Å². The fourth-order valence-electron chi connectivity index (χ4n) is 2.99. The lowest BCUT2D eigenvalue weighted by atomic mass is 10.00. The minimum absolute atomic E-state index is 0.0544. The number of carbonyl (C=O) groups is 2. The van der Waals surface area contributed by atoms with Crippen molar-refractivity contribution in [3.05, 3.63) is 35.6 Å². The monoisotopic (exact) mass is 336 g/mol. The van der Waals surface area contributed by atoms with Gasteiger partial charge in [0.2, 0.25) is 5.78 Å². The van der Waals surface area contributed by atoms with E-state index in [1.165, 1.54) is 30.7 Å². The summed E-state index contributed by atoms with van der Waals surface area (Å²) in [6.07, 6.45) is 1.56. The van der Waals surface area contributed by atoms with E-state index in [4.69, 9.17) is 0 Å². The standard InChI is InChI=1S/C18H25FN2O3/c1-13-3-2-8-21(11-13)12-16(22)10-20-18(24)17(23)9-14-4-6-15(19)7-5-14/h4-7,13,16,22H,2-3,8-12H2,1H3,(H,20,24). The van der Waals surface area contributed by atoms with E-state index < -0.39 is 17.8 Å². The van der Waals surface area contributed by atoms with Crippen LogP contribution < -0.4 is 5.32 Å². The lowest BCUT2D eigenvalue weighted by molar-refractivity contribution is -0.137. The average Bonchev–Trinajstić information content (AvgIpc) is 2.54. The zero-order valence-electron chi connectivity index (χ0n) is 14.0. The Bertz CT molecular complexity index is 562. The number of ketones is 1. The van der Waals surface area contributed by atoms with Crippen LogP contribution in [0, 0.1) is 11.7 Å². The normalized spacial score (nSPS) is 19.7. The second-order valence-electron chi connectivity index (χ2n) is 6.60. The third-order valence-corrected chi connectivity index (χ3v) is 4.24. The fraction of sp³-hybridized carbons (Fsp3) is 0.556. The van der Waals surface area contributed by atoms with Gasteiger partial charge in [0, 0.05) is 26.1 Å². The van der Waals surface area contributed by atoms with Crippen LogP contribution >= 0.6 is 0 Å². The third-order valence-electron chi connectivity index (χ3n) is 4.24. The predicted octanol–water partition coefficient (Wildman–Crippen LogP) is 1.15. The number of Topliss-reactive ketones (excluding diaryl/α,β-unsaturated/α-hetero) is 1. The van der Waals surface area contributed by atoms with Gasteiger partial charge in [-0.05, 0) is 43.0 Å². The zero-order valence-corrected chi connectivity index (χ0v) is 14.0. The number of amides is 1. The molecule has 1 saturated heterocycles. The number of hydrogen-bond donors (Lipinski definition) is 2. The number of likely N-dealkylation sites (tertiary alicyclic amines) is 1. The summed E-state index contributed by atoms with van der Waals surface area (Å²) in [7, 11) is 0. The summed E-state index contributed by atoms with van der Waals surface area (Å²) in [6.45, 7) is 4.65. The molecule has 2 N–H and O–H groups in total. The summed E-state index contributed by atoms with van der Waals surface area (Å²) in [5, 5.41) is 12.5. The van der Waals surface area contributed by atoms with Crippen molar-refractivity contribution in [3.8, 4) is 0 Å². The molecule has 1 fully saturated rings. The molecule has 0 radical (unpaired) electrons. The SMILES string of the molecule is CC1CCCN(CC(O)CNC(=O)C(=O)Cc2ccc(F)cc2)C1. The van der Waals surface area contributed by atoms with E-state index in [2.05, 4.69) is 17.1 Å². The fourth-order valence-corrected chi connectivity index (χ4v) is 2.99. The molecular formula is C18H25FN2O3. The quantitative estimate of drug-likeness (QED) is 0.733. The minimum Gasteiger partial charge on any atom is -0.390 e. The molecule has 24 heavy (non-hydrogen) atoms. The topological polar surface area (TPSA) is 69.6 Å². The number of halogens is 1. The van der Waals surface area contributed by atoms with Crippen LogP contribution in [0.25, 0.3) is 0 Å². The number of nitrogens with zero attached hydrogens (tertiary/aromatic N) is 1. The summed E-state index contributed by atoms with van der Waals surface area (Å²) >= 11 is 0. The van der Waals surface area contributed by atoms with Crippen LogP contribution in [0.5, 0.6) is 0 Å². The molecule has 0 saturated carbocycles. The van der Waals surface area contributed by atoms with E-state index in [1.807, 2.05) is 0 Å². The molecule has 1 amide bonds. The maximum absolute atomic E-state index is 12.8. The molecule has 1 aliphatic heterocycles. The second-order valence-corrected chi connectivity index (χ2v) is 6.60. The molecule has 1 aliphatic rings. The highest BCUT2D eigenvalue weighted by Crippen LogP contribution is 2.15. The highest BCUT2D eigenvalue weighted by Gasteiger charge is 2.20. The number of nitrogens with one attached hydrogen (secondary N) is 1. The van der Waals surface area contributed by atoms with Crippen LogP contribution in [-0.4, -0.2) is 54.0 Å². The summed E-state index contributed by atoms with van der Waals surface area (Å²) < 4.78 is 12.8. The Morgan fingerprint density at radius 2 is 2.08 bits per heavy atom. The van der Waals surface area contributed by atoms with Crippen molar-refractivity contribution in [2.75, 3.05) is 26.2 Å². The van der Waals surface area contributed by atoms with E-state index in [-0.39, 0.29) is 18.8 Å². The molecule has 0 aromatic heterocycles. The molecule has 5 nitrogen and oxygen atoms in total. The maximum atomic E-state index is 12.8. The van der Waals surface area contributed by atoms with Gasteiger partial charge >= 0.3 is 0 Å². The molecule has 2 unspecified atom stereocenters. The molecule has 0 spiro atoms. The molecule has 6 heteroatoms. The Morgan fingerprint density at radius 1 is 1.38 bits per heavy atom. The summed E-state index contributed by atoms with van der Waals surface area (Å²) in [6, 6.07) is 5.47. The van der Waals surface area contributed by atoms with Gasteiger partial charge in [0.1, 0.15) is 5.82 Å². The van der Waals surface area contributed by atoms with E-state index in [9.17, 15) is 19.1 Å². The molecule has 1 heterocycles. The van der Waals surface area contributed by atoms with Gasteiger partial charge in [0.25, 0.3) is 5.91 Å². The first-order chi connectivity index (χ1) is 11.4. The van der Waals surface area contributed by atoms with Crippen molar-refractivity contribution < 1.29 is 19.1 Å². The number of rotatable bonds is 7. The second kappa shape index (κ2) is 8.89. The molecule has 2 rings (SSSR count). The minimum atomic E-state index is -0.717. The third kappa shape index (κ3) is 6.02. The number of aliphatic hydroxyl groups is 1. The van der Waals surface area contributed by atoms with Crippen molar-refractivity contribution in [1.82, 2.24) is 10.2 Å². The van der Waals surface area contributed by atoms with Gasteiger partial charge in [-0.2, -0.15) is 0 Å². The Morgan fingerprint density at radius 3 is 2.75 bits per heavy atom. The molecular weight excluding hydrogens is 311 g/mol. The highest BCUT2D eigenvalue weighted by atomic mass is 19.1. The molecule has 2 atom stereocenters. The van der Waals surface area contributed by atoms with Crippen LogP contribution in [0.3, 0.4) is 0 Å². The molecule has 1 aromatic carbocycles. The largest absolute Gasteiger partial charge is 0.390 e. The van der Waals surface area contributed by atoms with E-state index >= 15 is 0 Å². The van der Waals surface area contributed by atoms with Crippen LogP contribution in [-0.2, 0) is 16.0 Å². The smallest absolute Gasteiger partial charge is 0.287 e. The average molecular weight is 336 g/mol. The number of piperidine rings is 1. The van der Waals surface area contributed by atoms with Gasteiger partial charge in [0.15, 0.2) is 0 Å². The van der Waals surface area contributed by atoms with E-state index in [0.717, 1.165) is 19.5 Å². The zero-order chi connectivity index (χ0) is 17.5. The lowest BCUT2D eigenvalue weighted by Gasteiger charge is -2.32. The lowest BCUT2D eigenvalue weighted by Crippen LogP contribution is -2.44. The van der Waals surface area contributed by atoms with Gasteiger partial charge < -0.3 is 15.3 Å². The number of β-amino-alcohol motifs (C(OH)–C–C–N with tert-alkyl or cyclic N) is 1. The van der Waals surface area contributed by atoms with Gasteiger partial charge in [-0.1, -0.05) is 19.1 Å². The van der Waals surface area contributed by atoms with E-state index in [0.29, 0.717) is 18.0 Å². The molecule has 0 aliphatic carbocycles. The number of carbonyl (C=O) groups excluding carboxylic acids is 2. The van der Waals surface area contributed by atoms with Crippen molar-refractivity contribution in [2.45, 2.75) is 32.3 Å². The first-order valence-electron chi connectivity index (χ1n) is 8.40. The van der Waals surface area contributed by atoms with Crippen LogP contribution in [0.4, 0.5) is 4.39 Å². The predicted molar refractivity (Wildman–Crippen MR) is 89.0 cm³/mol. The van der Waals surface area contributed by atoms with Gasteiger partial charge in [0.05, 0.1) is 6.10 Å². The molecule has 0 bridgehead atoms. The van der Waals surface area contributed by atoms with Crippen molar-refractivity contribution in [2.24, 2.45) is 5.92 Å². The summed E-state index contributed by atoms with van der Waals surface area (Å²) in [4.78, 5) is 25.8. The molecule has 1 aromatic rings. The maximum Gasteiger partial charge on any atom is 0.287 e. The first kappa shape index (κ1) is 18.5. The molecule has 132 valence electrons. The Labute approximate surface area is 141 Å². The number of hydrogen-bond acceptors (Lipinski definition) is 4. The van der Waals surface area contributed by atoms with Gasteiger partial charge in [-0.15, -0.1) is 0 Å². The van der Waals surface area contributed by atoms with Crippen molar-refractivity contribution in [3.63, 3.8) is 0 Å². The highest BCUT2D eigenvalue weighted by molar-refractivity contribution is 6.36. The van der Waals surface area contributed by atoms with E-state index in [1.54, 1.807) is 0 Å².